The molecule has 0 bridgehead atoms. The fourth-order valence-corrected chi connectivity index (χ4v) is 13.7. The molecule has 0 spiro atoms. The van der Waals surface area contributed by atoms with E-state index in [2.05, 4.69) is 318 Å². The van der Waals surface area contributed by atoms with E-state index in [9.17, 15) is 0 Å². The first-order valence-corrected chi connectivity index (χ1v) is 41.4. The summed E-state index contributed by atoms with van der Waals surface area (Å²) in [4.78, 5) is 94.8. The van der Waals surface area contributed by atoms with Gasteiger partial charge >= 0.3 is 0 Å². The molecular formula is C102H144N6O6. The van der Waals surface area contributed by atoms with Crippen LogP contribution in [0.5, 0.6) is 0 Å². The Kier molecular flexibility index (Phi) is 26.9. The minimum atomic E-state index is -0.367. The normalized spacial score (nSPS) is 13.2. The largest absolute Gasteiger partial charge is 0.348 e. The Bertz CT molecular complexity index is 3790. The van der Waals surface area contributed by atoms with Crippen LogP contribution in [0.25, 0.3) is 0 Å². The molecule has 0 heterocycles. The SMILES string of the molecule is CC(C)(C)c1cc(C(=O)NCc2c(CNC(=O)c3cc(C(C)(C)C)cc(C(C)(C)C)c3)c(CNC(=O)c3cc(C(C)(C)C)cc(C(C)(C)C)c3)c(CNC(=O)c3cc(C(C)(C)C)cc(C(C)(C)C)c3)c(CNC(=O)c3cc(C(C)(C)C)cc(C(C)(C)C)c3)c2CNC(=O)c2cc(C(C)(C)C)cc(C(C)(C)C)c2)cc(C(C)(C)C)c1. The smallest absolute Gasteiger partial charge is 0.251 e. The predicted octanol–water partition coefficient (Wildman–Crippen LogP) is 22.8. The molecule has 6 amide bonds. The lowest BCUT2D eigenvalue weighted by Gasteiger charge is -2.30. The highest BCUT2D eigenvalue weighted by Crippen LogP contribution is 2.40. The Labute approximate surface area is 688 Å². The molecule has 0 aromatic heterocycles. The van der Waals surface area contributed by atoms with E-state index in [0.717, 1.165) is 66.8 Å². The first-order valence-electron chi connectivity index (χ1n) is 41.4. The Morgan fingerprint density at radius 3 is 0.307 bits per heavy atom. The average molecular weight is 1550 g/mol. The molecule has 0 aliphatic carbocycles. The molecule has 7 rings (SSSR count). The average Bonchev–Trinajstić information content (AvgIpc) is 0.755. The van der Waals surface area contributed by atoms with Gasteiger partial charge in [0.2, 0.25) is 0 Å². The number of benzene rings is 7. The number of amides is 6. The topological polar surface area (TPSA) is 175 Å². The first-order chi connectivity index (χ1) is 51.5. The van der Waals surface area contributed by atoms with Gasteiger partial charge in [0.25, 0.3) is 35.4 Å². The summed E-state index contributed by atoms with van der Waals surface area (Å²) in [5, 5.41) is 20.5. The van der Waals surface area contributed by atoms with Crippen molar-refractivity contribution >= 4 is 35.4 Å². The van der Waals surface area contributed by atoms with Crippen LogP contribution >= 0.6 is 0 Å². The fraction of sp³-hybridized carbons (Fsp3) is 0.529. The second kappa shape index (κ2) is 33.2. The molecule has 0 saturated heterocycles. The van der Waals surface area contributed by atoms with Crippen molar-refractivity contribution in [1.82, 2.24) is 31.9 Å². The van der Waals surface area contributed by atoms with Crippen molar-refractivity contribution in [3.63, 3.8) is 0 Å². The van der Waals surface area contributed by atoms with Gasteiger partial charge in [0, 0.05) is 72.6 Å². The van der Waals surface area contributed by atoms with Crippen molar-refractivity contribution in [2.75, 3.05) is 0 Å². The highest BCUT2D eigenvalue weighted by Gasteiger charge is 2.34. The van der Waals surface area contributed by atoms with Crippen molar-refractivity contribution in [2.45, 2.75) is 354 Å². The Balaban J connectivity index is 1.70. The van der Waals surface area contributed by atoms with Crippen LogP contribution in [0.2, 0.25) is 0 Å². The minimum absolute atomic E-state index is 0.171. The summed E-state index contributed by atoms with van der Waals surface area (Å²) in [5.74, 6) is -2.20. The third-order valence-electron chi connectivity index (χ3n) is 22.3. The fourth-order valence-electron chi connectivity index (χ4n) is 13.7. The second-order valence-corrected chi connectivity index (χ2v) is 44.8. The van der Waals surface area contributed by atoms with E-state index in [1.54, 1.807) is 0 Å². The summed E-state index contributed by atoms with van der Waals surface area (Å²) in [6, 6.07) is 36.5. The maximum absolute atomic E-state index is 15.8. The zero-order valence-electron chi connectivity index (χ0n) is 77.1. The lowest BCUT2D eigenvalue weighted by molar-refractivity contribution is 0.0935. The van der Waals surface area contributed by atoms with Gasteiger partial charge in [0.05, 0.1) is 0 Å². The number of hydrogen-bond acceptors (Lipinski definition) is 6. The predicted molar refractivity (Wildman–Crippen MR) is 477 cm³/mol. The standard InChI is InChI=1S/C102H144N6O6/c1-91(2,3)67-37-61(38-68(49-67)92(4,5)6)85(109)103-55-79-80(56-104-86(110)62-39-69(93(7,8)9)50-70(40-62)94(10,11)12)82(58-106-88(112)64-43-73(97(19,20)21)52-74(44-64)98(22,23)24)84(60-108-90(114)66-47-77(101(31,32)33)54-78(48-66)102(34,35)36)83(59-107-89(113)65-45-75(99(25,26)27)53-76(46-65)100(28,29)30)81(79)57-105-87(111)63-41-71(95(13,14)15)51-72(42-63)96(16,17)18/h37-54H,55-60H2,1-36H3,(H,103,109)(H,104,110)(H,105,111)(H,106,112)(H,107,113)(H,108,114). The monoisotopic (exact) mass is 1550 g/mol. The van der Waals surface area contributed by atoms with Gasteiger partial charge in [-0.25, -0.2) is 0 Å². The van der Waals surface area contributed by atoms with Gasteiger partial charge in [0.1, 0.15) is 0 Å². The molecule has 7 aromatic carbocycles. The molecule has 0 aliphatic heterocycles. The van der Waals surface area contributed by atoms with Crippen molar-refractivity contribution < 1.29 is 28.8 Å². The molecule has 12 heteroatoms. The maximum Gasteiger partial charge on any atom is 0.251 e. The molecule has 114 heavy (non-hydrogen) atoms. The molecule has 0 atom stereocenters. The summed E-state index contributed by atoms with van der Waals surface area (Å²) >= 11 is 0. The van der Waals surface area contributed by atoms with Crippen LogP contribution in [-0.2, 0) is 104 Å². The molecule has 618 valence electrons. The van der Waals surface area contributed by atoms with Gasteiger partial charge in [0.15, 0.2) is 0 Å². The zero-order valence-corrected chi connectivity index (χ0v) is 77.1. The van der Waals surface area contributed by atoms with E-state index >= 15 is 28.8 Å². The Morgan fingerprint density at radius 1 is 0.158 bits per heavy atom. The maximum atomic E-state index is 15.8. The van der Waals surface area contributed by atoms with Crippen LogP contribution in [0.3, 0.4) is 0 Å². The zero-order chi connectivity index (χ0) is 86.5. The minimum Gasteiger partial charge on any atom is -0.348 e. The third-order valence-corrected chi connectivity index (χ3v) is 22.3. The quantitative estimate of drug-likeness (QED) is 0.0499. The van der Waals surface area contributed by atoms with Crippen LogP contribution in [-0.4, -0.2) is 35.4 Å². The summed E-state index contributed by atoms with van der Waals surface area (Å²) in [6.07, 6.45) is 0. The van der Waals surface area contributed by atoms with Crippen molar-refractivity contribution in [2.24, 2.45) is 0 Å². The number of hydrogen-bond donors (Lipinski definition) is 6. The van der Waals surface area contributed by atoms with E-state index < -0.39 is 0 Å². The lowest BCUT2D eigenvalue weighted by Crippen LogP contribution is -2.35. The summed E-state index contributed by atoms with van der Waals surface area (Å²) in [6.45, 7) is 75.9. The number of carbonyl (C=O) groups excluding carboxylic acids is 6. The molecule has 6 N–H and O–H groups in total. The van der Waals surface area contributed by atoms with E-state index in [-0.39, 0.29) is 140 Å². The molecule has 0 aliphatic rings. The number of rotatable bonds is 18. The number of carbonyl (C=O) groups is 6. The van der Waals surface area contributed by atoms with Crippen LogP contribution in [0.1, 0.15) is 412 Å². The Morgan fingerprint density at radius 2 is 0.237 bits per heavy atom. The molecule has 0 unspecified atom stereocenters. The van der Waals surface area contributed by atoms with Crippen LogP contribution < -0.4 is 31.9 Å². The van der Waals surface area contributed by atoms with E-state index in [1.807, 2.05) is 72.8 Å². The summed E-state index contributed by atoms with van der Waals surface area (Å²) in [7, 11) is 0. The molecule has 0 radical (unpaired) electrons. The van der Waals surface area contributed by atoms with Gasteiger partial charge in [-0.15, -0.1) is 0 Å². The molecule has 12 nitrogen and oxygen atoms in total. The molecule has 7 aromatic rings. The first kappa shape index (κ1) is 92.5. The number of nitrogens with one attached hydrogen (secondary N) is 6. The third kappa shape index (κ3) is 23.8. The molecule has 0 fully saturated rings. The van der Waals surface area contributed by atoms with Crippen molar-refractivity contribution in [3.8, 4) is 0 Å². The molecular weight excluding hydrogens is 1410 g/mol. The highest BCUT2D eigenvalue weighted by molar-refractivity contribution is 5.98. The second-order valence-electron chi connectivity index (χ2n) is 44.8. The summed E-state index contributed by atoms with van der Waals surface area (Å²) in [5.41, 5.74) is 13.5. The van der Waals surface area contributed by atoms with E-state index in [0.29, 0.717) is 66.8 Å². The van der Waals surface area contributed by atoms with Gasteiger partial charge < -0.3 is 31.9 Å². The van der Waals surface area contributed by atoms with Crippen molar-refractivity contribution in [3.05, 3.63) is 243 Å². The summed E-state index contributed by atoms with van der Waals surface area (Å²) < 4.78 is 0. The highest BCUT2D eigenvalue weighted by atomic mass is 16.2. The van der Waals surface area contributed by atoms with Crippen LogP contribution in [0, 0.1) is 0 Å². The lowest BCUT2D eigenvalue weighted by atomic mass is 9.79. The molecule has 0 saturated carbocycles. The Hall–Kier alpha value is -8.64. The van der Waals surface area contributed by atoms with Gasteiger partial charge in [-0.05, 0) is 238 Å². The van der Waals surface area contributed by atoms with E-state index in [4.69, 9.17) is 0 Å². The van der Waals surface area contributed by atoms with Crippen LogP contribution in [0.4, 0.5) is 0 Å². The van der Waals surface area contributed by atoms with Crippen LogP contribution in [0.15, 0.2) is 109 Å². The van der Waals surface area contributed by atoms with E-state index in [1.165, 1.54) is 0 Å². The van der Waals surface area contributed by atoms with Gasteiger partial charge in [-0.2, -0.15) is 0 Å². The van der Waals surface area contributed by atoms with Gasteiger partial charge in [-0.1, -0.05) is 286 Å². The van der Waals surface area contributed by atoms with Crippen molar-refractivity contribution in [1.29, 1.82) is 0 Å². The van der Waals surface area contributed by atoms with Gasteiger partial charge in [-0.3, -0.25) is 28.8 Å².